The lowest BCUT2D eigenvalue weighted by Crippen LogP contribution is -2.22. The zero-order chi connectivity index (χ0) is 23.1. The highest BCUT2D eigenvalue weighted by Gasteiger charge is 2.14. The number of hydrogen-bond acceptors (Lipinski definition) is 2. The van der Waals surface area contributed by atoms with Crippen LogP contribution in [0.1, 0.15) is 112 Å². The van der Waals surface area contributed by atoms with Gasteiger partial charge < -0.3 is 10.2 Å². The van der Waals surface area contributed by atoms with Crippen LogP contribution in [0.5, 0.6) is 0 Å². The standard InChI is InChI=1S/C29H46N2/c1-20(2)26-14-12-24(17-28(26)22(5)6)11-10-16-30-23(7)29-18-25(19-31(8)9)13-15-27(29)21(3)4/h12-15,17-18,20-23,30H,10-11,16,19H2,1-9H3. The van der Waals surface area contributed by atoms with E-state index in [4.69, 9.17) is 0 Å². The normalized spacial score (nSPS) is 13.1. The molecule has 2 aromatic carbocycles. The number of nitrogens with one attached hydrogen (secondary N) is 1. The molecule has 2 aromatic rings. The van der Waals surface area contributed by atoms with Crippen molar-refractivity contribution in [3.63, 3.8) is 0 Å². The minimum atomic E-state index is 0.369. The predicted octanol–water partition coefficient (Wildman–Crippen LogP) is 7.40. The summed E-state index contributed by atoms with van der Waals surface area (Å²) < 4.78 is 0. The fourth-order valence-corrected chi connectivity index (χ4v) is 4.52. The quantitative estimate of drug-likeness (QED) is 0.379. The molecule has 0 spiro atoms. The van der Waals surface area contributed by atoms with Gasteiger partial charge in [0.2, 0.25) is 0 Å². The summed E-state index contributed by atoms with van der Waals surface area (Å²) in [7, 11) is 4.27. The third-order valence-electron chi connectivity index (χ3n) is 6.23. The van der Waals surface area contributed by atoms with Gasteiger partial charge in [0.05, 0.1) is 0 Å². The van der Waals surface area contributed by atoms with Gasteiger partial charge in [-0.2, -0.15) is 0 Å². The molecule has 0 saturated carbocycles. The highest BCUT2D eigenvalue weighted by atomic mass is 15.0. The minimum absolute atomic E-state index is 0.369. The first-order valence-corrected chi connectivity index (χ1v) is 12.2. The van der Waals surface area contributed by atoms with Crippen LogP contribution in [0.25, 0.3) is 0 Å². The summed E-state index contributed by atoms with van der Waals surface area (Å²) >= 11 is 0. The third-order valence-corrected chi connectivity index (χ3v) is 6.23. The van der Waals surface area contributed by atoms with Crippen LogP contribution >= 0.6 is 0 Å². The van der Waals surface area contributed by atoms with E-state index < -0.39 is 0 Å². The molecule has 0 radical (unpaired) electrons. The summed E-state index contributed by atoms with van der Waals surface area (Å²) in [6.07, 6.45) is 2.30. The van der Waals surface area contributed by atoms with Crippen molar-refractivity contribution in [2.24, 2.45) is 0 Å². The van der Waals surface area contributed by atoms with Gasteiger partial charge in [-0.05, 0) is 91.5 Å². The fraction of sp³-hybridized carbons (Fsp3) is 0.586. The molecule has 172 valence electrons. The number of aryl methyl sites for hydroxylation is 1. The van der Waals surface area contributed by atoms with Gasteiger partial charge in [-0.3, -0.25) is 0 Å². The van der Waals surface area contributed by atoms with Crippen LogP contribution in [0.4, 0.5) is 0 Å². The molecule has 0 amide bonds. The second-order valence-electron chi connectivity index (χ2n) is 10.4. The molecule has 0 aromatic heterocycles. The molecule has 2 nitrogen and oxygen atoms in total. The monoisotopic (exact) mass is 422 g/mol. The summed E-state index contributed by atoms with van der Waals surface area (Å²) in [5.41, 5.74) is 8.81. The maximum atomic E-state index is 3.80. The molecule has 0 heterocycles. The average molecular weight is 423 g/mol. The lowest BCUT2D eigenvalue weighted by molar-refractivity contribution is 0.402. The first-order chi connectivity index (χ1) is 14.6. The van der Waals surface area contributed by atoms with Crippen molar-refractivity contribution in [3.05, 3.63) is 69.8 Å². The average Bonchev–Trinajstić information content (AvgIpc) is 2.70. The van der Waals surface area contributed by atoms with Crippen molar-refractivity contribution in [1.29, 1.82) is 0 Å². The first kappa shape index (κ1) is 25.6. The zero-order valence-electron chi connectivity index (χ0n) is 21.5. The first-order valence-electron chi connectivity index (χ1n) is 12.2. The summed E-state index contributed by atoms with van der Waals surface area (Å²) in [6.45, 7) is 18.2. The molecule has 1 atom stereocenters. The SMILES string of the molecule is CC(C)c1ccc(CCCNC(C)c2cc(CN(C)C)ccc2C(C)C)cc1C(C)C. The Labute approximate surface area is 192 Å². The molecule has 0 saturated heterocycles. The van der Waals surface area contributed by atoms with Crippen molar-refractivity contribution in [1.82, 2.24) is 10.2 Å². The molecule has 1 N–H and O–H groups in total. The van der Waals surface area contributed by atoms with Crippen molar-refractivity contribution in [2.75, 3.05) is 20.6 Å². The van der Waals surface area contributed by atoms with E-state index in [1.54, 1.807) is 0 Å². The van der Waals surface area contributed by atoms with Crippen LogP contribution in [-0.4, -0.2) is 25.5 Å². The molecule has 0 fully saturated rings. The van der Waals surface area contributed by atoms with Crippen LogP contribution in [0.3, 0.4) is 0 Å². The number of hydrogen-bond donors (Lipinski definition) is 1. The third kappa shape index (κ3) is 7.47. The minimum Gasteiger partial charge on any atom is -0.310 e. The van der Waals surface area contributed by atoms with Crippen molar-refractivity contribution in [3.8, 4) is 0 Å². The van der Waals surface area contributed by atoms with E-state index >= 15 is 0 Å². The molecular formula is C29H46N2. The van der Waals surface area contributed by atoms with Gasteiger partial charge in [0, 0.05) is 12.6 Å². The van der Waals surface area contributed by atoms with Crippen molar-refractivity contribution in [2.45, 2.75) is 91.6 Å². The maximum absolute atomic E-state index is 3.80. The van der Waals surface area contributed by atoms with E-state index in [0.717, 1.165) is 25.9 Å². The Bertz CT molecular complexity index is 817. The number of benzene rings is 2. The maximum Gasteiger partial charge on any atom is 0.0294 e. The Kier molecular flexibility index (Phi) is 9.78. The van der Waals surface area contributed by atoms with Crippen molar-refractivity contribution >= 4 is 0 Å². The summed E-state index contributed by atoms with van der Waals surface area (Å²) in [4.78, 5) is 2.24. The number of nitrogens with zero attached hydrogens (tertiary/aromatic N) is 1. The highest BCUT2D eigenvalue weighted by Crippen LogP contribution is 2.28. The molecule has 0 bridgehead atoms. The Morgan fingerprint density at radius 2 is 1.19 bits per heavy atom. The van der Waals surface area contributed by atoms with Gasteiger partial charge >= 0.3 is 0 Å². The van der Waals surface area contributed by atoms with Crippen LogP contribution in [0.2, 0.25) is 0 Å². The van der Waals surface area contributed by atoms with E-state index in [1.807, 2.05) is 0 Å². The lowest BCUT2D eigenvalue weighted by Gasteiger charge is -2.22. The van der Waals surface area contributed by atoms with Crippen LogP contribution in [0.15, 0.2) is 36.4 Å². The van der Waals surface area contributed by atoms with Crippen molar-refractivity contribution < 1.29 is 0 Å². The predicted molar refractivity (Wildman–Crippen MR) is 137 cm³/mol. The second kappa shape index (κ2) is 11.8. The lowest BCUT2D eigenvalue weighted by atomic mass is 9.88. The summed E-state index contributed by atoms with van der Waals surface area (Å²) in [5.74, 6) is 1.72. The van der Waals surface area contributed by atoms with Crippen LogP contribution in [-0.2, 0) is 13.0 Å². The smallest absolute Gasteiger partial charge is 0.0294 e. The number of rotatable bonds is 11. The molecule has 31 heavy (non-hydrogen) atoms. The Balaban J connectivity index is 2.01. The molecule has 0 aliphatic carbocycles. The summed E-state index contributed by atoms with van der Waals surface area (Å²) in [6, 6.07) is 14.5. The highest BCUT2D eigenvalue weighted by molar-refractivity contribution is 5.37. The van der Waals surface area contributed by atoms with Gasteiger partial charge in [0.15, 0.2) is 0 Å². The van der Waals surface area contributed by atoms with Gasteiger partial charge in [-0.15, -0.1) is 0 Å². The van der Waals surface area contributed by atoms with Crippen LogP contribution < -0.4 is 5.32 Å². The Morgan fingerprint density at radius 3 is 1.74 bits per heavy atom. The van der Waals surface area contributed by atoms with E-state index in [-0.39, 0.29) is 0 Å². The van der Waals surface area contributed by atoms with E-state index in [9.17, 15) is 0 Å². The molecular weight excluding hydrogens is 376 g/mol. The fourth-order valence-electron chi connectivity index (χ4n) is 4.52. The van der Waals surface area contributed by atoms with Gasteiger partial charge in [0.25, 0.3) is 0 Å². The summed E-state index contributed by atoms with van der Waals surface area (Å²) in [5, 5.41) is 3.80. The molecule has 0 aliphatic rings. The van der Waals surface area contributed by atoms with Gasteiger partial charge in [0.1, 0.15) is 0 Å². The molecule has 2 rings (SSSR count). The van der Waals surface area contributed by atoms with Gasteiger partial charge in [-0.1, -0.05) is 77.9 Å². The van der Waals surface area contributed by atoms with E-state index in [2.05, 4.69) is 109 Å². The molecule has 0 aliphatic heterocycles. The van der Waals surface area contributed by atoms with Crippen LogP contribution in [0, 0.1) is 0 Å². The zero-order valence-corrected chi connectivity index (χ0v) is 21.5. The Hall–Kier alpha value is -1.64. The topological polar surface area (TPSA) is 15.3 Å². The van der Waals surface area contributed by atoms with E-state index in [1.165, 1.54) is 33.4 Å². The largest absolute Gasteiger partial charge is 0.310 e. The molecule has 1 unspecified atom stereocenters. The second-order valence-corrected chi connectivity index (χ2v) is 10.4. The molecule has 2 heteroatoms. The Morgan fingerprint density at radius 1 is 0.677 bits per heavy atom. The van der Waals surface area contributed by atoms with E-state index in [0.29, 0.717) is 23.8 Å². The van der Waals surface area contributed by atoms with Gasteiger partial charge in [-0.25, -0.2) is 0 Å².